The maximum Gasteiger partial charge on any atom is 0.0727 e. The van der Waals surface area contributed by atoms with Crippen molar-refractivity contribution in [1.29, 1.82) is 0 Å². The summed E-state index contributed by atoms with van der Waals surface area (Å²) in [6.45, 7) is 0. The second-order valence-corrected chi connectivity index (χ2v) is 3.91. The minimum absolute atomic E-state index is 0.592. The summed E-state index contributed by atoms with van der Waals surface area (Å²) < 4.78 is 0. The number of thiocarbonyl (C=S) groups is 1. The summed E-state index contributed by atoms with van der Waals surface area (Å²) in [5.41, 5.74) is 6.67. The molecule has 3 heteroatoms. The van der Waals surface area contributed by atoms with Crippen LogP contribution in [0.2, 0.25) is 5.02 Å². The molecule has 0 fully saturated rings. The van der Waals surface area contributed by atoms with Gasteiger partial charge in [-0.05, 0) is 37.0 Å². The zero-order valence-corrected chi connectivity index (χ0v) is 8.87. The highest BCUT2D eigenvalue weighted by Gasteiger charge is 1.94. The van der Waals surface area contributed by atoms with Crippen LogP contribution in [0.25, 0.3) is 0 Å². The Morgan fingerprint density at radius 1 is 1.31 bits per heavy atom. The SMILES string of the molecule is NC(=S)CCCc1ccc(Cl)cc1. The molecule has 1 nitrogen and oxygen atoms in total. The molecule has 0 aliphatic rings. The van der Waals surface area contributed by atoms with E-state index in [1.54, 1.807) is 0 Å². The first-order valence-electron chi connectivity index (χ1n) is 4.21. The molecule has 1 rings (SSSR count). The van der Waals surface area contributed by atoms with Gasteiger partial charge in [0.05, 0.1) is 4.99 Å². The Bertz CT molecular complexity index is 281. The third-order valence-corrected chi connectivity index (χ3v) is 2.26. The van der Waals surface area contributed by atoms with E-state index in [0.29, 0.717) is 4.99 Å². The van der Waals surface area contributed by atoms with Gasteiger partial charge in [0.1, 0.15) is 0 Å². The molecule has 0 heterocycles. The Kier molecular flexibility index (Phi) is 4.19. The summed E-state index contributed by atoms with van der Waals surface area (Å²) in [4.78, 5) is 0.592. The highest BCUT2D eigenvalue weighted by Crippen LogP contribution is 2.11. The fraction of sp³-hybridized carbons (Fsp3) is 0.300. The van der Waals surface area contributed by atoms with E-state index in [1.165, 1.54) is 5.56 Å². The van der Waals surface area contributed by atoms with Gasteiger partial charge in [-0.2, -0.15) is 0 Å². The highest BCUT2D eigenvalue weighted by atomic mass is 35.5. The Morgan fingerprint density at radius 2 is 1.92 bits per heavy atom. The van der Waals surface area contributed by atoms with Gasteiger partial charge in [-0.1, -0.05) is 36.0 Å². The fourth-order valence-corrected chi connectivity index (χ4v) is 1.39. The second kappa shape index (κ2) is 5.20. The first-order valence-corrected chi connectivity index (χ1v) is 5.00. The van der Waals surface area contributed by atoms with E-state index in [4.69, 9.17) is 29.6 Å². The number of nitrogens with two attached hydrogens (primary N) is 1. The van der Waals surface area contributed by atoms with Gasteiger partial charge < -0.3 is 5.73 Å². The van der Waals surface area contributed by atoms with Gasteiger partial charge >= 0.3 is 0 Å². The molecule has 0 radical (unpaired) electrons. The quantitative estimate of drug-likeness (QED) is 0.779. The Balaban J connectivity index is 2.37. The van der Waals surface area contributed by atoms with Gasteiger partial charge in [0.2, 0.25) is 0 Å². The van der Waals surface area contributed by atoms with Gasteiger partial charge in [0, 0.05) is 5.02 Å². The Labute approximate surface area is 88.9 Å². The van der Waals surface area contributed by atoms with E-state index in [0.717, 1.165) is 24.3 Å². The van der Waals surface area contributed by atoms with Crippen LogP contribution in [0.15, 0.2) is 24.3 Å². The minimum atomic E-state index is 0.592. The number of rotatable bonds is 4. The average Bonchev–Trinajstić information content (AvgIpc) is 2.08. The van der Waals surface area contributed by atoms with Gasteiger partial charge in [-0.15, -0.1) is 0 Å². The average molecular weight is 214 g/mol. The van der Waals surface area contributed by atoms with Crippen LogP contribution in [0.4, 0.5) is 0 Å². The monoisotopic (exact) mass is 213 g/mol. The maximum absolute atomic E-state index is 5.76. The van der Waals surface area contributed by atoms with Crippen molar-refractivity contribution in [3.05, 3.63) is 34.9 Å². The molecule has 2 N–H and O–H groups in total. The Hall–Kier alpha value is -0.600. The molecule has 0 amide bonds. The third-order valence-electron chi connectivity index (χ3n) is 1.80. The summed E-state index contributed by atoms with van der Waals surface area (Å²) in [6, 6.07) is 7.86. The van der Waals surface area contributed by atoms with E-state index in [-0.39, 0.29) is 0 Å². The topological polar surface area (TPSA) is 26.0 Å². The normalized spacial score (nSPS) is 9.92. The molecule has 0 unspecified atom stereocenters. The minimum Gasteiger partial charge on any atom is -0.393 e. The van der Waals surface area contributed by atoms with Crippen molar-refractivity contribution < 1.29 is 0 Å². The second-order valence-electron chi connectivity index (χ2n) is 2.95. The molecule has 0 aliphatic carbocycles. The van der Waals surface area contributed by atoms with Crippen LogP contribution in [0.1, 0.15) is 18.4 Å². The van der Waals surface area contributed by atoms with Crippen molar-refractivity contribution in [1.82, 2.24) is 0 Å². The summed E-state index contributed by atoms with van der Waals surface area (Å²) in [7, 11) is 0. The van der Waals surface area contributed by atoms with Crippen LogP contribution in [-0.2, 0) is 6.42 Å². The smallest absolute Gasteiger partial charge is 0.0727 e. The number of halogens is 1. The molecule has 0 atom stereocenters. The summed E-state index contributed by atoms with van der Waals surface area (Å²) in [5.74, 6) is 0. The molecule has 1 aromatic rings. The van der Waals surface area contributed by atoms with E-state index in [9.17, 15) is 0 Å². The van der Waals surface area contributed by atoms with Crippen LogP contribution in [0.3, 0.4) is 0 Å². The molecular formula is C10H12ClNS. The van der Waals surface area contributed by atoms with Crippen LogP contribution >= 0.6 is 23.8 Å². The number of benzene rings is 1. The van der Waals surface area contributed by atoms with Crippen LogP contribution < -0.4 is 5.73 Å². The number of aryl methyl sites for hydroxylation is 1. The molecule has 0 saturated heterocycles. The van der Waals surface area contributed by atoms with Crippen molar-refractivity contribution in [2.45, 2.75) is 19.3 Å². The molecule has 70 valence electrons. The maximum atomic E-state index is 5.76. The van der Waals surface area contributed by atoms with E-state index < -0.39 is 0 Å². The van der Waals surface area contributed by atoms with Gasteiger partial charge in [-0.25, -0.2) is 0 Å². The zero-order chi connectivity index (χ0) is 9.68. The standard InChI is InChI=1S/C10H12ClNS/c11-9-6-4-8(5-7-9)2-1-3-10(12)13/h4-7H,1-3H2,(H2,12,13). The van der Waals surface area contributed by atoms with Gasteiger partial charge in [0.25, 0.3) is 0 Å². The van der Waals surface area contributed by atoms with Crippen LogP contribution in [-0.4, -0.2) is 4.99 Å². The van der Waals surface area contributed by atoms with Crippen molar-refractivity contribution >= 4 is 28.8 Å². The van der Waals surface area contributed by atoms with Gasteiger partial charge in [-0.3, -0.25) is 0 Å². The van der Waals surface area contributed by atoms with E-state index >= 15 is 0 Å². The molecule has 1 aromatic carbocycles. The molecule has 0 saturated carbocycles. The highest BCUT2D eigenvalue weighted by molar-refractivity contribution is 7.80. The lowest BCUT2D eigenvalue weighted by molar-refractivity contribution is 0.868. The molecule has 13 heavy (non-hydrogen) atoms. The predicted molar refractivity (Wildman–Crippen MR) is 61.2 cm³/mol. The number of hydrogen-bond donors (Lipinski definition) is 1. The molecule has 0 bridgehead atoms. The lowest BCUT2D eigenvalue weighted by Gasteiger charge is -2.00. The fourth-order valence-electron chi connectivity index (χ4n) is 1.12. The molecule has 0 aliphatic heterocycles. The van der Waals surface area contributed by atoms with Crippen LogP contribution in [0.5, 0.6) is 0 Å². The van der Waals surface area contributed by atoms with Gasteiger partial charge in [0.15, 0.2) is 0 Å². The van der Waals surface area contributed by atoms with Crippen molar-refractivity contribution in [3.63, 3.8) is 0 Å². The molecule has 0 aromatic heterocycles. The van der Waals surface area contributed by atoms with Crippen molar-refractivity contribution in [2.75, 3.05) is 0 Å². The molecular weight excluding hydrogens is 202 g/mol. The number of hydrogen-bond acceptors (Lipinski definition) is 1. The molecule has 0 spiro atoms. The van der Waals surface area contributed by atoms with Crippen molar-refractivity contribution in [2.24, 2.45) is 5.73 Å². The Morgan fingerprint density at radius 3 is 2.46 bits per heavy atom. The largest absolute Gasteiger partial charge is 0.393 e. The zero-order valence-electron chi connectivity index (χ0n) is 7.29. The van der Waals surface area contributed by atoms with E-state index in [1.807, 2.05) is 24.3 Å². The first-order chi connectivity index (χ1) is 6.18. The third kappa shape index (κ3) is 4.25. The lowest BCUT2D eigenvalue weighted by atomic mass is 10.1. The lowest BCUT2D eigenvalue weighted by Crippen LogP contribution is -2.07. The van der Waals surface area contributed by atoms with Crippen molar-refractivity contribution in [3.8, 4) is 0 Å². The van der Waals surface area contributed by atoms with Crippen LogP contribution in [0, 0.1) is 0 Å². The van der Waals surface area contributed by atoms with E-state index in [2.05, 4.69) is 0 Å². The summed E-state index contributed by atoms with van der Waals surface area (Å²) >= 11 is 10.5. The summed E-state index contributed by atoms with van der Waals surface area (Å²) in [5, 5.41) is 0.776. The predicted octanol–water partition coefficient (Wildman–Crippen LogP) is 2.95. The first kappa shape index (κ1) is 10.5. The summed E-state index contributed by atoms with van der Waals surface area (Å²) in [6.07, 6.45) is 2.84.